The summed E-state index contributed by atoms with van der Waals surface area (Å²) in [7, 11) is 3.18. The van der Waals surface area contributed by atoms with E-state index in [1.54, 1.807) is 31.4 Å². The summed E-state index contributed by atoms with van der Waals surface area (Å²) in [4.78, 5) is 14.9. The molecule has 2 aromatic heterocycles. The third kappa shape index (κ3) is 4.04. The predicted octanol–water partition coefficient (Wildman–Crippen LogP) is 2.00. The molecule has 0 aromatic carbocycles. The zero-order chi connectivity index (χ0) is 18.9. The van der Waals surface area contributed by atoms with E-state index in [0.29, 0.717) is 13.0 Å². The summed E-state index contributed by atoms with van der Waals surface area (Å²) in [5, 5.41) is 10.4. The molecule has 1 aliphatic rings. The number of hydrogen-bond acceptors (Lipinski definition) is 6. The lowest BCUT2D eigenvalue weighted by atomic mass is 9.97. The number of aliphatic hydroxyl groups excluding tert-OH is 1. The molecule has 0 unspecified atom stereocenters. The quantitative estimate of drug-likeness (QED) is 0.892. The summed E-state index contributed by atoms with van der Waals surface area (Å²) in [6, 6.07) is 4.67. The smallest absolute Gasteiger partial charge is 0.391 e. The Morgan fingerprint density at radius 1 is 1.19 bits per heavy atom. The van der Waals surface area contributed by atoms with Crippen molar-refractivity contribution >= 4 is 11.8 Å². The Balaban J connectivity index is 1.84. The van der Waals surface area contributed by atoms with Gasteiger partial charge in [-0.15, -0.1) is 0 Å². The average molecular weight is 367 g/mol. The maximum Gasteiger partial charge on any atom is 0.433 e. The highest BCUT2D eigenvalue weighted by molar-refractivity contribution is 5.47. The number of pyridine rings is 1. The number of β-amino-alcohol motifs (C(OH)–C–C–N with tert-alkyl or cyclic N) is 1. The monoisotopic (exact) mass is 367 g/mol. The molecule has 9 heteroatoms. The van der Waals surface area contributed by atoms with E-state index in [0.717, 1.165) is 11.6 Å². The van der Waals surface area contributed by atoms with E-state index in [1.165, 1.54) is 4.90 Å². The standard InChI is InChI=1S/C17H20F3N5O/c1-24(2)16-22-14(17(18,19)20)8-15(23-16)25-9-12(13(26)10-25)7-11-3-5-21-6-4-11/h3-6,8,12-13,26H,7,9-10H2,1-2H3/t12-,13-/m1/s1. The topological polar surface area (TPSA) is 65.4 Å². The van der Waals surface area contributed by atoms with E-state index in [4.69, 9.17) is 0 Å². The SMILES string of the molecule is CN(C)c1nc(N2C[C@@H](Cc3ccncc3)[C@H](O)C2)cc(C(F)(F)F)n1. The minimum absolute atomic E-state index is 0.0121. The van der Waals surface area contributed by atoms with Gasteiger partial charge in [-0.25, -0.2) is 4.98 Å². The van der Waals surface area contributed by atoms with Crippen LogP contribution in [0.15, 0.2) is 30.6 Å². The summed E-state index contributed by atoms with van der Waals surface area (Å²) in [5.41, 5.74) is 0.0387. The fourth-order valence-corrected chi connectivity index (χ4v) is 2.99. The van der Waals surface area contributed by atoms with E-state index < -0.39 is 18.0 Å². The molecule has 0 aliphatic carbocycles. The second-order valence-electron chi connectivity index (χ2n) is 6.60. The van der Waals surface area contributed by atoms with Gasteiger partial charge >= 0.3 is 6.18 Å². The van der Waals surface area contributed by atoms with Gasteiger partial charge in [0.1, 0.15) is 5.82 Å². The molecule has 3 rings (SSSR count). The van der Waals surface area contributed by atoms with Gasteiger partial charge in [-0.3, -0.25) is 4.98 Å². The Kier molecular flexibility index (Phi) is 4.99. The average Bonchev–Trinajstić information content (AvgIpc) is 2.95. The van der Waals surface area contributed by atoms with E-state index >= 15 is 0 Å². The van der Waals surface area contributed by atoms with Crippen molar-refractivity contribution < 1.29 is 18.3 Å². The molecule has 0 spiro atoms. The Labute approximate surface area is 149 Å². The number of aliphatic hydroxyl groups is 1. The van der Waals surface area contributed by atoms with Gasteiger partial charge in [-0.1, -0.05) is 0 Å². The Hall–Kier alpha value is -2.42. The maximum atomic E-state index is 13.2. The highest BCUT2D eigenvalue weighted by atomic mass is 19.4. The number of nitrogens with zero attached hydrogens (tertiary/aromatic N) is 5. The van der Waals surface area contributed by atoms with Crippen molar-refractivity contribution in [3.05, 3.63) is 41.9 Å². The van der Waals surface area contributed by atoms with Crippen molar-refractivity contribution in [3.8, 4) is 0 Å². The first-order valence-corrected chi connectivity index (χ1v) is 8.19. The largest absolute Gasteiger partial charge is 0.433 e. The molecule has 3 heterocycles. The molecule has 0 bridgehead atoms. The van der Waals surface area contributed by atoms with Crippen LogP contribution in [0.25, 0.3) is 0 Å². The van der Waals surface area contributed by atoms with Crippen LogP contribution in [0.5, 0.6) is 0 Å². The summed E-state index contributed by atoms with van der Waals surface area (Å²) in [5.74, 6) is 0.0683. The third-order valence-corrected chi connectivity index (χ3v) is 4.37. The lowest BCUT2D eigenvalue weighted by molar-refractivity contribution is -0.141. The molecule has 140 valence electrons. The van der Waals surface area contributed by atoms with Gasteiger partial charge in [0.25, 0.3) is 0 Å². The van der Waals surface area contributed by atoms with Crippen LogP contribution in [-0.2, 0) is 12.6 Å². The number of alkyl halides is 3. The van der Waals surface area contributed by atoms with Crippen LogP contribution >= 0.6 is 0 Å². The Bertz CT molecular complexity index is 754. The van der Waals surface area contributed by atoms with Crippen LogP contribution in [0.4, 0.5) is 24.9 Å². The first-order chi connectivity index (χ1) is 12.2. The van der Waals surface area contributed by atoms with E-state index in [9.17, 15) is 18.3 Å². The van der Waals surface area contributed by atoms with Gasteiger partial charge in [-0.05, 0) is 24.1 Å². The fraction of sp³-hybridized carbons (Fsp3) is 0.471. The molecular formula is C17H20F3N5O. The van der Waals surface area contributed by atoms with Crippen molar-refractivity contribution in [1.82, 2.24) is 15.0 Å². The van der Waals surface area contributed by atoms with Crippen LogP contribution in [0.1, 0.15) is 11.3 Å². The first kappa shape index (κ1) is 18.4. The van der Waals surface area contributed by atoms with Crippen LogP contribution in [0, 0.1) is 5.92 Å². The van der Waals surface area contributed by atoms with Gasteiger partial charge in [0.2, 0.25) is 5.95 Å². The summed E-state index contributed by atoms with van der Waals surface area (Å²) >= 11 is 0. The second-order valence-corrected chi connectivity index (χ2v) is 6.60. The zero-order valence-electron chi connectivity index (χ0n) is 14.5. The van der Waals surface area contributed by atoms with E-state index in [2.05, 4.69) is 15.0 Å². The van der Waals surface area contributed by atoms with Gasteiger partial charge in [0, 0.05) is 51.6 Å². The zero-order valence-corrected chi connectivity index (χ0v) is 14.5. The minimum Gasteiger partial charge on any atom is -0.391 e. The van der Waals surface area contributed by atoms with Crippen LogP contribution in [0.3, 0.4) is 0 Å². The summed E-state index contributed by atoms with van der Waals surface area (Å²) in [6.45, 7) is 0.654. The van der Waals surface area contributed by atoms with Gasteiger partial charge in [0.05, 0.1) is 6.10 Å². The molecular weight excluding hydrogens is 347 g/mol. The van der Waals surface area contributed by atoms with Crippen molar-refractivity contribution in [3.63, 3.8) is 0 Å². The normalized spacial score (nSPS) is 20.5. The number of aromatic nitrogens is 3. The maximum absolute atomic E-state index is 13.2. The molecule has 0 radical (unpaired) electrons. The highest BCUT2D eigenvalue weighted by Crippen LogP contribution is 2.33. The van der Waals surface area contributed by atoms with E-state index in [-0.39, 0.29) is 24.2 Å². The van der Waals surface area contributed by atoms with Crippen LogP contribution in [-0.4, -0.2) is 53.3 Å². The summed E-state index contributed by atoms with van der Waals surface area (Å²) in [6.07, 6.45) is -1.22. The number of anilines is 2. The molecule has 6 nitrogen and oxygen atoms in total. The fourth-order valence-electron chi connectivity index (χ4n) is 2.99. The molecule has 0 amide bonds. The lowest BCUT2D eigenvalue weighted by Crippen LogP contribution is -2.25. The second kappa shape index (κ2) is 7.06. The number of rotatable bonds is 4. The van der Waals surface area contributed by atoms with Gasteiger partial charge in [-0.2, -0.15) is 18.2 Å². The summed E-state index contributed by atoms with van der Waals surface area (Å²) < 4.78 is 39.5. The first-order valence-electron chi connectivity index (χ1n) is 8.19. The van der Waals surface area contributed by atoms with Crippen molar-refractivity contribution in [2.24, 2.45) is 5.92 Å². The molecule has 1 fully saturated rings. The van der Waals surface area contributed by atoms with Crippen molar-refractivity contribution in [1.29, 1.82) is 0 Å². The van der Waals surface area contributed by atoms with Gasteiger partial charge < -0.3 is 14.9 Å². The molecule has 2 atom stereocenters. The third-order valence-electron chi connectivity index (χ3n) is 4.37. The molecule has 2 aromatic rings. The van der Waals surface area contributed by atoms with Crippen molar-refractivity contribution in [2.45, 2.75) is 18.7 Å². The highest BCUT2D eigenvalue weighted by Gasteiger charge is 2.37. The van der Waals surface area contributed by atoms with Gasteiger partial charge in [0.15, 0.2) is 5.69 Å². The van der Waals surface area contributed by atoms with E-state index in [1.807, 2.05) is 12.1 Å². The molecule has 1 saturated heterocycles. The molecule has 1 N–H and O–H groups in total. The van der Waals surface area contributed by atoms with Crippen LogP contribution in [0.2, 0.25) is 0 Å². The van der Waals surface area contributed by atoms with Crippen LogP contribution < -0.4 is 9.80 Å². The van der Waals surface area contributed by atoms with Crippen molar-refractivity contribution in [2.75, 3.05) is 37.0 Å². The molecule has 1 aliphatic heterocycles. The Morgan fingerprint density at radius 3 is 2.50 bits per heavy atom. The predicted molar refractivity (Wildman–Crippen MR) is 91.0 cm³/mol. The number of halogens is 3. The molecule has 0 saturated carbocycles. The molecule has 26 heavy (non-hydrogen) atoms. The lowest BCUT2D eigenvalue weighted by Gasteiger charge is -2.21. The Morgan fingerprint density at radius 2 is 1.88 bits per heavy atom. The minimum atomic E-state index is -4.56. The number of hydrogen-bond donors (Lipinski definition) is 1.